The lowest BCUT2D eigenvalue weighted by atomic mass is 10.2. The van der Waals surface area contributed by atoms with Crippen molar-refractivity contribution < 1.29 is 4.79 Å². The van der Waals surface area contributed by atoms with Gasteiger partial charge in [0.2, 0.25) is 0 Å². The van der Waals surface area contributed by atoms with Crippen molar-refractivity contribution in [3.05, 3.63) is 30.0 Å². The second kappa shape index (κ2) is 6.06. The van der Waals surface area contributed by atoms with Gasteiger partial charge in [-0.15, -0.1) is 18.2 Å². The number of amides is 1. The molecule has 0 aromatic carbocycles. The zero-order valence-electron chi connectivity index (χ0n) is 11.7. The Morgan fingerprint density at radius 1 is 1.63 bits per heavy atom. The molecule has 19 heavy (non-hydrogen) atoms. The van der Waals surface area contributed by atoms with Crippen LogP contribution in [0.25, 0.3) is 0 Å². The van der Waals surface area contributed by atoms with Crippen molar-refractivity contribution in [2.45, 2.75) is 38.6 Å². The molecule has 5 heteroatoms. The highest BCUT2D eigenvalue weighted by Gasteiger charge is 2.16. The maximum atomic E-state index is 11.9. The molecular weight excluding hydrogens is 262 g/mol. The predicted molar refractivity (Wildman–Crippen MR) is 80.7 cm³/mol. The van der Waals surface area contributed by atoms with Crippen LogP contribution < -0.4 is 5.32 Å². The second-order valence-electron chi connectivity index (χ2n) is 4.92. The normalized spacial score (nSPS) is 14.6. The molecule has 104 valence electrons. The van der Waals surface area contributed by atoms with E-state index in [0.29, 0.717) is 11.4 Å². The number of carbonyl (C=O) groups is 1. The highest BCUT2D eigenvalue weighted by molar-refractivity contribution is 6.33. The number of rotatable bonds is 5. The molecule has 0 aliphatic heterocycles. The highest BCUT2D eigenvalue weighted by atomic mass is 35.5. The molecular formula is C14H20ClN3O. The van der Waals surface area contributed by atoms with Gasteiger partial charge >= 0.3 is 0 Å². The maximum Gasteiger partial charge on any atom is 0.253 e. The zero-order chi connectivity index (χ0) is 14.6. The first-order valence-corrected chi connectivity index (χ1v) is 6.51. The number of hydrogen-bond acceptors (Lipinski definition) is 2. The maximum absolute atomic E-state index is 11.9. The van der Waals surface area contributed by atoms with E-state index >= 15 is 0 Å². The van der Waals surface area contributed by atoms with Crippen LogP contribution in [-0.4, -0.2) is 28.0 Å². The third kappa shape index (κ3) is 4.24. The van der Waals surface area contributed by atoms with Crippen LogP contribution in [0.4, 0.5) is 5.82 Å². The van der Waals surface area contributed by atoms with E-state index in [1.165, 1.54) is 0 Å². The van der Waals surface area contributed by atoms with Gasteiger partial charge in [-0.3, -0.25) is 4.79 Å². The number of aromatic amines is 1. The zero-order valence-corrected chi connectivity index (χ0v) is 12.5. The first kappa shape index (κ1) is 15.5. The van der Waals surface area contributed by atoms with Crippen LogP contribution in [0.3, 0.4) is 0 Å². The Morgan fingerprint density at radius 2 is 2.26 bits per heavy atom. The molecule has 4 nitrogen and oxygen atoms in total. The van der Waals surface area contributed by atoms with Crippen molar-refractivity contribution in [3.63, 3.8) is 0 Å². The van der Waals surface area contributed by atoms with Gasteiger partial charge in [0.25, 0.3) is 5.91 Å². The summed E-state index contributed by atoms with van der Waals surface area (Å²) in [5.41, 5.74) is 1.39. The van der Waals surface area contributed by atoms with Crippen LogP contribution in [0.1, 0.15) is 36.7 Å². The monoisotopic (exact) mass is 281 g/mol. The third-order valence-electron chi connectivity index (χ3n) is 2.62. The molecule has 0 fully saturated rings. The minimum atomic E-state index is -0.697. The van der Waals surface area contributed by atoms with Crippen molar-refractivity contribution in [1.29, 1.82) is 0 Å². The lowest BCUT2D eigenvalue weighted by Crippen LogP contribution is -2.30. The summed E-state index contributed by atoms with van der Waals surface area (Å²) < 4.78 is 0. The van der Waals surface area contributed by atoms with Gasteiger partial charge in [-0.25, -0.2) is 4.99 Å². The predicted octanol–water partition coefficient (Wildman–Crippen LogP) is 3.35. The Kier molecular flexibility index (Phi) is 4.95. The summed E-state index contributed by atoms with van der Waals surface area (Å²) in [6.45, 7) is 11.1. The van der Waals surface area contributed by atoms with Crippen LogP contribution in [0.5, 0.6) is 0 Å². The van der Waals surface area contributed by atoms with Crippen LogP contribution in [0.15, 0.2) is 23.8 Å². The van der Waals surface area contributed by atoms with Crippen molar-refractivity contribution in [2.75, 3.05) is 0 Å². The molecule has 1 aromatic heterocycles. The fourth-order valence-electron chi connectivity index (χ4n) is 1.44. The van der Waals surface area contributed by atoms with Crippen LogP contribution in [0, 0.1) is 6.92 Å². The summed E-state index contributed by atoms with van der Waals surface area (Å²) >= 11 is 6.10. The molecule has 0 saturated heterocycles. The lowest BCUT2D eigenvalue weighted by Gasteiger charge is -2.09. The first-order valence-electron chi connectivity index (χ1n) is 6.13. The molecule has 1 atom stereocenters. The Morgan fingerprint density at radius 3 is 2.79 bits per heavy atom. The molecule has 0 saturated carbocycles. The molecule has 0 radical (unpaired) electrons. The standard InChI is InChI=1S/C14H20ClN3O/c1-6-14(5,15)8-17-12-10(4)11(7-16-12)13(19)18-9(2)3/h6-9,16H,1H2,2-5H3,(H,18,19)/b17-8-/t14-/m1/s1. The van der Waals surface area contributed by atoms with Crippen LogP contribution >= 0.6 is 11.6 Å². The summed E-state index contributed by atoms with van der Waals surface area (Å²) in [4.78, 5) is 18.5. The number of H-pyrrole nitrogens is 1. The van der Waals surface area contributed by atoms with E-state index in [1.54, 1.807) is 25.4 Å². The molecule has 1 aromatic rings. The van der Waals surface area contributed by atoms with E-state index in [0.717, 1.165) is 5.56 Å². The number of alkyl halides is 1. The molecule has 0 spiro atoms. The van der Waals surface area contributed by atoms with Crippen molar-refractivity contribution in [2.24, 2.45) is 4.99 Å². The summed E-state index contributed by atoms with van der Waals surface area (Å²) in [5, 5.41) is 2.84. The average molecular weight is 282 g/mol. The number of nitrogens with zero attached hydrogens (tertiary/aromatic N) is 1. The summed E-state index contributed by atoms with van der Waals surface area (Å²) in [6.07, 6.45) is 4.84. The van der Waals surface area contributed by atoms with E-state index in [-0.39, 0.29) is 11.9 Å². The van der Waals surface area contributed by atoms with Gasteiger partial charge in [0.15, 0.2) is 0 Å². The van der Waals surface area contributed by atoms with Crippen molar-refractivity contribution >= 4 is 29.5 Å². The largest absolute Gasteiger partial charge is 0.350 e. The highest BCUT2D eigenvalue weighted by Crippen LogP contribution is 2.22. The summed E-state index contributed by atoms with van der Waals surface area (Å²) in [7, 11) is 0. The van der Waals surface area contributed by atoms with Crippen molar-refractivity contribution in [1.82, 2.24) is 10.3 Å². The van der Waals surface area contributed by atoms with E-state index in [9.17, 15) is 4.79 Å². The number of halogens is 1. The Hall–Kier alpha value is -1.55. The second-order valence-corrected chi connectivity index (χ2v) is 5.73. The Labute approximate surface area is 119 Å². The topological polar surface area (TPSA) is 57.2 Å². The van der Waals surface area contributed by atoms with Gasteiger partial charge in [0.05, 0.1) is 10.4 Å². The smallest absolute Gasteiger partial charge is 0.253 e. The molecule has 0 aliphatic carbocycles. The Bertz CT molecular complexity index is 501. The van der Waals surface area contributed by atoms with Gasteiger partial charge in [-0.2, -0.15) is 0 Å². The summed E-state index contributed by atoms with van der Waals surface area (Å²) in [6, 6.07) is 0.0978. The lowest BCUT2D eigenvalue weighted by molar-refractivity contribution is 0.0942. The first-order chi connectivity index (χ1) is 8.76. The number of carbonyl (C=O) groups excluding carboxylic acids is 1. The number of allylic oxidation sites excluding steroid dienone is 1. The van der Waals surface area contributed by atoms with Crippen LogP contribution in [-0.2, 0) is 0 Å². The molecule has 1 amide bonds. The summed E-state index contributed by atoms with van der Waals surface area (Å²) in [5.74, 6) is 0.519. The SMILES string of the molecule is C=C[C@@](C)(Cl)/C=N\c1[nH]cc(C(=O)NC(C)C)c1C. The fourth-order valence-corrected chi connectivity index (χ4v) is 1.49. The van der Waals surface area contributed by atoms with Gasteiger partial charge in [-0.1, -0.05) is 6.08 Å². The molecule has 0 aliphatic rings. The number of aliphatic imine (C=N–C) groups is 1. The number of hydrogen-bond donors (Lipinski definition) is 2. The van der Waals surface area contributed by atoms with E-state index < -0.39 is 4.87 Å². The van der Waals surface area contributed by atoms with Crippen LogP contribution in [0.2, 0.25) is 0 Å². The quantitative estimate of drug-likeness (QED) is 0.485. The van der Waals surface area contributed by atoms with Crippen molar-refractivity contribution in [3.8, 4) is 0 Å². The average Bonchev–Trinajstić information content (AvgIpc) is 2.67. The number of aromatic nitrogens is 1. The molecule has 1 rings (SSSR count). The minimum absolute atomic E-state index is 0.0978. The van der Waals surface area contributed by atoms with Gasteiger partial charge in [0, 0.05) is 24.0 Å². The van der Waals surface area contributed by atoms with E-state index in [2.05, 4.69) is 21.9 Å². The van der Waals surface area contributed by atoms with E-state index in [4.69, 9.17) is 11.6 Å². The third-order valence-corrected chi connectivity index (χ3v) is 2.87. The fraction of sp³-hybridized carbons (Fsp3) is 0.429. The molecule has 0 unspecified atom stereocenters. The van der Waals surface area contributed by atoms with Gasteiger partial charge in [0.1, 0.15) is 5.82 Å². The number of nitrogens with one attached hydrogen (secondary N) is 2. The minimum Gasteiger partial charge on any atom is -0.350 e. The molecule has 0 bridgehead atoms. The van der Waals surface area contributed by atoms with E-state index in [1.807, 2.05) is 20.8 Å². The van der Waals surface area contributed by atoms with Gasteiger partial charge < -0.3 is 10.3 Å². The molecule has 1 heterocycles. The molecule has 2 N–H and O–H groups in total. The van der Waals surface area contributed by atoms with Gasteiger partial charge in [-0.05, 0) is 27.7 Å². The Balaban J connectivity index is 2.93.